The molecule has 1 unspecified atom stereocenters. The van der Waals surface area contributed by atoms with E-state index in [1.807, 2.05) is 13.8 Å². The normalized spacial score (nSPS) is 19.8. The highest BCUT2D eigenvalue weighted by Crippen LogP contribution is 2.11. The minimum absolute atomic E-state index is 0.0837. The van der Waals surface area contributed by atoms with Gasteiger partial charge in [0, 0.05) is 19.1 Å². The fourth-order valence-corrected chi connectivity index (χ4v) is 2.67. The van der Waals surface area contributed by atoms with E-state index in [1.165, 1.54) is 0 Å². The molecule has 1 rings (SSSR count). The fourth-order valence-electron chi connectivity index (χ4n) is 2.67. The quantitative estimate of drug-likeness (QED) is 0.668. The van der Waals surface area contributed by atoms with Gasteiger partial charge in [0.15, 0.2) is 0 Å². The lowest BCUT2D eigenvalue weighted by Gasteiger charge is -2.32. The van der Waals surface area contributed by atoms with Gasteiger partial charge in [-0.1, -0.05) is 27.2 Å². The van der Waals surface area contributed by atoms with Crippen LogP contribution in [0.1, 0.15) is 46.5 Å². The fraction of sp³-hybridized carbons (Fsp3) is 0.867. The first-order valence-electron chi connectivity index (χ1n) is 8.00. The largest absolute Gasteiger partial charge is 0.480 e. The van der Waals surface area contributed by atoms with Crippen LogP contribution in [0.15, 0.2) is 0 Å². The van der Waals surface area contributed by atoms with Gasteiger partial charge in [0.05, 0.1) is 0 Å². The number of carboxylic acid groups (broad SMARTS) is 1. The SMILES string of the molecule is CCCN1CCC(NC(=O)N[C@H](C(=O)O)C(C)CC)CC1. The molecule has 1 aliphatic heterocycles. The molecule has 2 amide bonds. The van der Waals surface area contributed by atoms with Gasteiger partial charge < -0.3 is 20.6 Å². The second-order valence-electron chi connectivity index (χ2n) is 5.94. The van der Waals surface area contributed by atoms with E-state index in [0.717, 1.165) is 38.9 Å². The summed E-state index contributed by atoms with van der Waals surface area (Å²) in [6, 6.07) is -1.05. The van der Waals surface area contributed by atoms with Crippen LogP contribution in [0.5, 0.6) is 0 Å². The maximum atomic E-state index is 12.0. The van der Waals surface area contributed by atoms with E-state index in [0.29, 0.717) is 6.42 Å². The van der Waals surface area contributed by atoms with Gasteiger partial charge >= 0.3 is 12.0 Å². The molecule has 1 fully saturated rings. The van der Waals surface area contributed by atoms with E-state index < -0.39 is 12.0 Å². The van der Waals surface area contributed by atoms with Gasteiger partial charge in [-0.25, -0.2) is 9.59 Å². The summed E-state index contributed by atoms with van der Waals surface area (Å²) in [5, 5.41) is 14.7. The Hall–Kier alpha value is -1.30. The molecule has 21 heavy (non-hydrogen) atoms. The van der Waals surface area contributed by atoms with E-state index in [4.69, 9.17) is 0 Å². The summed E-state index contributed by atoms with van der Waals surface area (Å²) in [7, 11) is 0. The smallest absolute Gasteiger partial charge is 0.326 e. The van der Waals surface area contributed by atoms with Gasteiger partial charge in [0.1, 0.15) is 6.04 Å². The molecule has 0 saturated carbocycles. The highest BCUT2D eigenvalue weighted by atomic mass is 16.4. The molecule has 0 aromatic carbocycles. The molecule has 3 N–H and O–H groups in total. The van der Waals surface area contributed by atoms with Gasteiger partial charge in [0.25, 0.3) is 0 Å². The molecule has 1 saturated heterocycles. The maximum Gasteiger partial charge on any atom is 0.326 e. The molecule has 1 aliphatic rings. The number of carbonyl (C=O) groups is 2. The van der Waals surface area contributed by atoms with Crippen LogP contribution in [-0.2, 0) is 4.79 Å². The molecule has 6 nitrogen and oxygen atoms in total. The van der Waals surface area contributed by atoms with E-state index in [-0.39, 0.29) is 18.0 Å². The number of piperidine rings is 1. The van der Waals surface area contributed by atoms with Crippen LogP contribution in [0.25, 0.3) is 0 Å². The number of likely N-dealkylation sites (tertiary alicyclic amines) is 1. The van der Waals surface area contributed by atoms with Crippen LogP contribution in [0.2, 0.25) is 0 Å². The zero-order chi connectivity index (χ0) is 15.8. The first kappa shape index (κ1) is 17.8. The number of rotatable bonds is 7. The van der Waals surface area contributed by atoms with E-state index >= 15 is 0 Å². The molecule has 122 valence electrons. The van der Waals surface area contributed by atoms with Gasteiger partial charge in [-0.3, -0.25) is 0 Å². The van der Waals surface area contributed by atoms with Gasteiger partial charge in [-0.15, -0.1) is 0 Å². The van der Waals surface area contributed by atoms with Crippen molar-refractivity contribution in [1.29, 1.82) is 0 Å². The Bertz CT molecular complexity index is 341. The molecular formula is C15H29N3O3. The molecular weight excluding hydrogens is 270 g/mol. The summed E-state index contributed by atoms with van der Waals surface area (Å²) in [6.07, 6.45) is 3.71. The molecule has 0 spiro atoms. The minimum Gasteiger partial charge on any atom is -0.480 e. The average Bonchev–Trinajstić information content (AvgIpc) is 2.46. The first-order valence-corrected chi connectivity index (χ1v) is 8.00. The van der Waals surface area contributed by atoms with Crippen molar-refractivity contribution in [3.05, 3.63) is 0 Å². The Morgan fingerprint density at radius 3 is 2.38 bits per heavy atom. The van der Waals surface area contributed by atoms with Gasteiger partial charge in [-0.2, -0.15) is 0 Å². The van der Waals surface area contributed by atoms with Crippen molar-refractivity contribution in [2.45, 2.75) is 58.5 Å². The molecule has 6 heteroatoms. The average molecular weight is 299 g/mol. The standard InChI is InChI=1S/C15H29N3O3/c1-4-8-18-9-6-12(7-10-18)16-15(21)17-13(14(19)20)11(3)5-2/h11-13H,4-10H2,1-3H3,(H,19,20)(H2,16,17,21)/t11?,13-/m0/s1. The van der Waals surface area contributed by atoms with Crippen LogP contribution in [0.4, 0.5) is 4.79 Å². The van der Waals surface area contributed by atoms with Crippen molar-refractivity contribution < 1.29 is 14.7 Å². The monoisotopic (exact) mass is 299 g/mol. The number of hydrogen-bond acceptors (Lipinski definition) is 3. The number of aliphatic carboxylic acids is 1. The van der Waals surface area contributed by atoms with Gasteiger partial charge in [0.2, 0.25) is 0 Å². The van der Waals surface area contributed by atoms with Crippen LogP contribution in [0, 0.1) is 5.92 Å². The van der Waals surface area contributed by atoms with Crippen molar-refractivity contribution in [3.8, 4) is 0 Å². The third-order valence-corrected chi connectivity index (χ3v) is 4.23. The van der Waals surface area contributed by atoms with E-state index in [2.05, 4.69) is 22.5 Å². The minimum atomic E-state index is -0.975. The summed E-state index contributed by atoms with van der Waals surface area (Å²) in [6.45, 7) is 9.01. The maximum absolute atomic E-state index is 12.0. The number of nitrogens with zero attached hydrogens (tertiary/aromatic N) is 1. The number of carbonyl (C=O) groups excluding carboxylic acids is 1. The second-order valence-corrected chi connectivity index (χ2v) is 5.94. The summed E-state index contributed by atoms with van der Waals surface area (Å²) >= 11 is 0. The highest BCUT2D eigenvalue weighted by Gasteiger charge is 2.27. The van der Waals surface area contributed by atoms with Crippen molar-refractivity contribution in [1.82, 2.24) is 15.5 Å². The first-order chi connectivity index (χ1) is 9.97. The molecule has 1 heterocycles. The van der Waals surface area contributed by atoms with Crippen LogP contribution in [0.3, 0.4) is 0 Å². The Labute approximate surface area is 127 Å². The van der Waals surface area contributed by atoms with Crippen molar-refractivity contribution in [3.63, 3.8) is 0 Å². The van der Waals surface area contributed by atoms with E-state index in [1.54, 1.807) is 0 Å². The summed E-state index contributed by atoms with van der Waals surface area (Å²) in [5.41, 5.74) is 0. The molecule has 0 aromatic heterocycles. The third-order valence-electron chi connectivity index (χ3n) is 4.23. The number of urea groups is 1. The Morgan fingerprint density at radius 1 is 1.29 bits per heavy atom. The van der Waals surface area contributed by atoms with Crippen molar-refractivity contribution >= 4 is 12.0 Å². The van der Waals surface area contributed by atoms with Gasteiger partial charge in [-0.05, 0) is 31.7 Å². The highest BCUT2D eigenvalue weighted by molar-refractivity contribution is 5.82. The van der Waals surface area contributed by atoms with E-state index in [9.17, 15) is 14.7 Å². The Kier molecular flexibility index (Phi) is 7.50. The lowest BCUT2D eigenvalue weighted by Crippen LogP contribution is -2.53. The van der Waals surface area contributed by atoms with Crippen molar-refractivity contribution in [2.75, 3.05) is 19.6 Å². The summed E-state index contributed by atoms with van der Waals surface area (Å²) < 4.78 is 0. The second kappa shape index (κ2) is 8.87. The Balaban J connectivity index is 2.38. The topological polar surface area (TPSA) is 81.7 Å². The van der Waals surface area contributed by atoms with Crippen molar-refractivity contribution in [2.24, 2.45) is 5.92 Å². The number of nitrogens with one attached hydrogen (secondary N) is 2. The zero-order valence-electron chi connectivity index (χ0n) is 13.4. The number of carboxylic acids is 1. The van der Waals surface area contributed by atoms with Crippen LogP contribution >= 0.6 is 0 Å². The third kappa shape index (κ3) is 5.91. The predicted molar refractivity (Wildman–Crippen MR) is 82.3 cm³/mol. The Morgan fingerprint density at radius 2 is 1.90 bits per heavy atom. The summed E-state index contributed by atoms with van der Waals surface area (Å²) in [4.78, 5) is 25.5. The molecule has 0 bridgehead atoms. The summed E-state index contributed by atoms with van der Waals surface area (Å²) in [5.74, 6) is -1.06. The van der Waals surface area contributed by atoms with Crippen LogP contribution in [-0.4, -0.2) is 53.7 Å². The molecule has 0 aliphatic carbocycles. The zero-order valence-corrected chi connectivity index (χ0v) is 13.4. The predicted octanol–water partition coefficient (Wildman–Crippen LogP) is 1.66. The molecule has 2 atom stereocenters. The number of amides is 2. The number of hydrogen-bond donors (Lipinski definition) is 3. The van der Waals surface area contributed by atoms with Crippen LogP contribution < -0.4 is 10.6 Å². The lowest BCUT2D eigenvalue weighted by atomic mass is 9.99. The lowest BCUT2D eigenvalue weighted by molar-refractivity contribution is -0.140. The molecule has 0 aromatic rings. The molecule has 0 radical (unpaired) electrons.